The van der Waals surface area contributed by atoms with E-state index in [0.29, 0.717) is 25.3 Å². The van der Waals surface area contributed by atoms with Crippen molar-refractivity contribution in [1.82, 2.24) is 15.5 Å². The van der Waals surface area contributed by atoms with Crippen molar-refractivity contribution < 1.29 is 9.59 Å². The van der Waals surface area contributed by atoms with Crippen LogP contribution < -0.4 is 10.6 Å². The second-order valence-electron chi connectivity index (χ2n) is 5.98. The molecule has 21 heavy (non-hydrogen) atoms. The van der Waals surface area contributed by atoms with E-state index < -0.39 is 0 Å². The lowest BCUT2D eigenvalue weighted by Gasteiger charge is -2.22. The zero-order valence-electron chi connectivity index (χ0n) is 12.9. The summed E-state index contributed by atoms with van der Waals surface area (Å²) in [6.45, 7) is 5.52. The van der Waals surface area contributed by atoms with E-state index in [9.17, 15) is 9.59 Å². The Morgan fingerprint density at radius 3 is 2.62 bits per heavy atom. The number of piperidine rings is 1. The minimum absolute atomic E-state index is 0. The number of rotatable bonds is 5. The molecule has 0 spiro atoms. The third kappa shape index (κ3) is 5.83. The van der Waals surface area contributed by atoms with Gasteiger partial charge in [0.25, 0.3) is 0 Å². The summed E-state index contributed by atoms with van der Waals surface area (Å²) in [5.74, 6) is 1.04. The summed E-state index contributed by atoms with van der Waals surface area (Å²) in [5.41, 5.74) is 0. The number of carbonyl (C=O) groups is 2. The van der Waals surface area contributed by atoms with Gasteiger partial charge in [-0.3, -0.25) is 9.59 Å². The van der Waals surface area contributed by atoms with Gasteiger partial charge in [0, 0.05) is 32.0 Å². The predicted molar refractivity (Wildman–Crippen MR) is 85.5 cm³/mol. The minimum Gasteiger partial charge on any atom is -0.352 e. The number of nitrogens with one attached hydrogen (secondary N) is 2. The van der Waals surface area contributed by atoms with E-state index in [1.165, 1.54) is 12.8 Å². The first-order valence-corrected chi connectivity index (χ1v) is 7.97. The molecule has 0 bridgehead atoms. The highest BCUT2D eigenvalue weighted by molar-refractivity contribution is 5.85. The quantitative estimate of drug-likeness (QED) is 0.804. The lowest BCUT2D eigenvalue weighted by molar-refractivity contribution is -0.130. The van der Waals surface area contributed by atoms with E-state index >= 15 is 0 Å². The van der Waals surface area contributed by atoms with E-state index in [4.69, 9.17) is 0 Å². The van der Waals surface area contributed by atoms with Gasteiger partial charge in [-0.1, -0.05) is 6.92 Å². The molecule has 0 saturated carbocycles. The van der Waals surface area contributed by atoms with E-state index in [-0.39, 0.29) is 30.3 Å². The molecule has 1 atom stereocenters. The van der Waals surface area contributed by atoms with Crippen molar-refractivity contribution in [3.8, 4) is 0 Å². The van der Waals surface area contributed by atoms with Gasteiger partial charge in [0.15, 0.2) is 0 Å². The highest BCUT2D eigenvalue weighted by Gasteiger charge is 2.26. The lowest BCUT2D eigenvalue weighted by atomic mass is 9.93. The standard InChI is InChI=1S/C15H27N3O2.ClH/c1-2-15(20)18-10-7-13(11-18)17-14(19)4-3-12-5-8-16-9-6-12;/h12-13,16H,2-11H2,1H3,(H,17,19);1H. The minimum atomic E-state index is 0. The fourth-order valence-electron chi connectivity index (χ4n) is 3.13. The first kappa shape index (κ1) is 18.2. The predicted octanol–water partition coefficient (Wildman–Crippen LogP) is 1.32. The van der Waals surface area contributed by atoms with Crippen LogP contribution in [-0.2, 0) is 9.59 Å². The molecule has 2 aliphatic rings. The Bertz CT molecular complexity index is 346. The molecule has 0 aliphatic carbocycles. The molecule has 2 N–H and O–H groups in total. The molecule has 0 aromatic carbocycles. The topological polar surface area (TPSA) is 61.4 Å². The first-order chi connectivity index (χ1) is 9.69. The van der Waals surface area contributed by atoms with Gasteiger partial charge in [-0.25, -0.2) is 0 Å². The van der Waals surface area contributed by atoms with Crippen molar-refractivity contribution in [3.05, 3.63) is 0 Å². The zero-order chi connectivity index (χ0) is 14.4. The summed E-state index contributed by atoms with van der Waals surface area (Å²) in [7, 11) is 0. The molecule has 2 aliphatic heterocycles. The maximum atomic E-state index is 12.0. The molecule has 2 amide bonds. The fourth-order valence-corrected chi connectivity index (χ4v) is 3.13. The van der Waals surface area contributed by atoms with Crippen LogP contribution in [0.1, 0.15) is 45.4 Å². The highest BCUT2D eigenvalue weighted by Crippen LogP contribution is 2.18. The Balaban J connectivity index is 0.00000220. The van der Waals surface area contributed by atoms with E-state index in [1.807, 2.05) is 11.8 Å². The Morgan fingerprint density at radius 2 is 1.95 bits per heavy atom. The average molecular weight is 318 g/mol. The lowest BCUT2D eigenvalue weighted by Crippen LogP contribution is -2.38. The van der Waals surface area contributed by atoms with Gasteiger partial charge in [0.2, 0.25) is 11.8 Å². The molecule has 0 aromatic heterocycles. The van der Waals surface area contributed by atoms with Crippen LogP contribution in [0.3, 0.4) is 0 Å². The van der Waals surface area contributed by atoms with Crippen molar-refractivity contribution >= 4 is 24.2 Å². The summed E-state index contributed by atoms with van der Waals surface area (Å²) in [6, 6.07) is 0.158. The molecule has 2 rings (SSSR count). The summed E-state index contributed by atoms with van der Waals surface area (Å²) >= 11 is 0. The van der Waals surface area contributed by atoms with E-state index in [1.54, 1.807) is 0 Å². The van der Waals surface area contributed by atoms with Crippen molar-refractivity contribution in [2.45, 2.75) is 51.5 Å². The number of hydrogen-bond donors (Lipinski definition) is 2. The highest BCUT2D eigenvalue weighted by atomic mass is 35.5. The fraction of sp³-hybridized carbons (Fsp3) is 0.867. The Morgan fingerprint density at radius 1 is 1.24 bits per heavy atom. The normalized spacial score (nSPS) is 22.7. The SMILES string of the molecule is CCC(=O)N1CCC(NC(=O)CCC2CCNCC2)C1.Cl. The summed E-state index contributed by atoms with van der Waals surface area (Å²) in [6.07, 6.45) is 5.45. The molecular formula is C15H28ClN3O2. The van der Waals surface area contributed by atoms with Crippen LogP contribution in [0.2, 0.25) is 0 Å². The average Bonchev–Trinajstić information content (AvgIpc) is 2.94. The van der Waals surface area contributed by atoms with Gasteiger partial charge in [0.05, 0.1) is 0 Å². The summed E-state index contributed by atoms with van der Waals surface area (Å²) in [5, 5.41) is 6.42. The summed E-state index contributed by atoms with van der Waals surface area (Å²) < 4.78 is 0. The van der Waals surface area contributed by atoms with Crippen LogP contribution in [0, 0.1) is 5.92 Å². The molecule has 2 fully saturated rings. The molecule has 2 heterocycles. The van der Waals surface area contributed by atoms with Gasteiger partial charge in [-0.15, -0.1) is 12.4 Å². The first-order valence-electron chi connectivity index (χ1n) is 7.97. The molecule has 122 valence electrons. The monoisotopic (exact) mass is 317 g/mol. The number of carbonyl (C=O) groups excluding carboxylic acids is 2. The van der Waals surface area contributed by atoms with Crippen LogP contribution in [0.25, 0.3) is 0 Å². The van der Waals surface area contributed by atoms with E-state index in [0.717, 1.165) is 32.5 Å². The second kappa shape index (κ2) is 9.26. The van der Waals surface area contributed by atoms with Gasteiger partial charge in [-0.05, 0) is 44.7 Å². The van der Waals surface area contributed by atoms with E-state index in [2.05, 4.69) is 10.6 Å². The maximum absolute atomic E-state index is 12.0. The van der Waals surface area contributed by atoms with Crippen LogP contribution in [-0.4, -0.2) is 48.9 Å². The Kier molecular flexibility index (Phi) is 8.04. The van der Waals surface area contributed by atoms with Gasteiger partial charge < -0.3 is 15.5 Å². The van der Waals surface area contributed by atoms with Crippen molar-refractivity contribution in [2.75, 3.05) is 26.2 Å². The summed E-state index contributed by atoms with van der Waals surface area (Å²) in [4.78, 5) is 25.4. The molecule has 0 radical (unpaired) electrons. The van der Waals surface area contributed by atoms with Crippen molar-refractivity contribution in [2.24, 2.45) is 5.92 Å². The van der Waals surface area contributed by atoms with Crippen LogP contribution in [0.15, 0.2) is 0 Å². The number of halogens is 1. The van der Waals surface area contributed by atoms with Crippen molar-refractivity contribution in [3.63, 3.8) is 0 Å². The number of amides is 2. The molecule has 2 saturated heterocycles. The Labute approximate surface area is 133 Å². The molecular weight excluding hydrogens is 290 g/mol. The number of hydrogen-bond acceptors (Lipinski definition) is 3. The van der Waals surface area contributed by atoms with Gasteiger partial charge in [-0.2, -0.15) is 0 Å². The molecule has 5 nitrogen and oxygen atoms in total. The maximum Gasteiger partial charge on any atom is 0.222 e. The third-order valence-corrected chi connectivity index (χ3v) is 4.45. The smallest absolute Gasteiger partial charge is 0.222 e. The zero-order valence-corrected chi connectivity index (χ0v) is 13.7. The van der Waals surface area contributed by atoms with Gasteiger partial charge in [0.1, 0.15) is 0 Å². The number of likely N-dealkylation sites (tertiary alicyclic amines) is 1. The van der Waals surface area contributed by atoms with Gasteiger partial charge >= 0.3 is 0 Å². The molecule has 0 aromatic rings. The van der Waals surface area contributed by atoms with Crippen LogP contribution in [0.4, 0.5) is 0 Å². The largest absolute Gasteiger partial charge is 0.352 e. The van der Waals surface area contributed by atoms with Crippen LogP contribution in [0.5, 0.6) is 0 Å². The number of nitrogens with zero attached hydrogens (tertiary/aromatic N) is 1. The third-order valence-electron chi connectivity index (χ3n) is 4.45. The van der Waals surface area contributed by atoms with Crippen molar-refractivity contribution in [1.29, 1.82) is 0 Å². The van der Waals surface area contributed by atoms with Crippen LogP contribution >= 0.6 is 12.4 Å². The molecule has 1 unspecified atom stereocenters. The molecule has 6 heteroatoms. The second-order valence-corrected chi connectivity index (χ2v) is 5.98. The Hall–Kier alpha value is -0.810.